The van der Waals surface area contributed by atoms with Crippen molar-refractivity contribution in [3.05, 3.63) is 0 Å². The van der Waals surface area contributed by atoms with Gasteiger partial charge in [-0.25, -0.2) is 0 Å². The Hall–Kier alpha value is -0.570. The van der Waals surface area contributed by atoms with Crippen molar-refractivity contribution in [2.45, 2.75) is 40.2 Å². The van der Waals surface area contributed by atoms with E-state index in [9.17, 15) is 4.79 Å². The summed E-state index contributed by atoms with van der Waals surface area (Å²) in [5.41, 5.74) is 0.0303. The van der Waals surface area contributed by atoms with Crippen molar-refractivity contribution in [2.24, 2.45) is 11.8 Å². The fourth-order valence-electron chi connectivity index (χ4n) is 1.14. The molecule has 3 nitrogen and oxygen atoms in total. The Kier molecular flexibility index (Phi) is 4.59. The molecule has 0 fully saturated rings. The average molecular weight is 201 g/mol. The minimum absolute atomic E-state index is 0.0303. The second-order valence-electron chi connectivity index (χ2n) is 5.24. The molecule has 0 heterocycles. The molecule has 0 aliphatic rings. The van der Waals surface area contributed by atoms with E-state index in [0.717, 1.165) is 0 Å². The van der Waals surface area contributed by atoms with E-state index in [-0.39, 0.29) is 17.4 Å². The number of carboxylic acid groups (broad SMARTS) is 1. The SMILES string of the molecule is CC(C)C(CN(C)C(C)(C)C)C(=O)O. The van der Waals surface area contributed by atoms with Crippen LogP contribution in [0.15, 0.2) is 0 Å². The molecule has 0 aromatic rings. The van der Waals surface area contributed by atoms with Crippen molar-refractivity contribution in [2.75, 3.05) is 13.6 Å². The summed E-state index contributed by atoms with van der Waals surface area (Å²) in [4.78, 5) is 13.1. The number of aliphatic carboxylic acids is 1. The number of rotatable bonds is 4. The molecule has 0 saturated carbocycles. The van der Waals surface area contributed by atoms with E-state index in [1.807, 2.05) is 20.9 Å². The van der Waals surface area contributed by atoms with Crippen LogP contribution in [0.4, 0.5) is 0 Å². The van der Waals surface area contributed by atoms with E-state index in [2.05, 4.69) is 25.7 Å². The molecular weight excluding hydrogens is 178 g/mol. The van der Waals surface area contributed by atoms with Crippen LogP contribution in [0.3, 0.4) is 0 Å². The molecule has 0 aliphatic heterocycles. The summed E-state index contributed by atoms with van der Waals surface area (Å²) in [6, 6.07) is 0. The van der Waals surface area contributed by atoms with Crippen molar-refractivity contribution in [1.82, 2.24) is 4.90 Å². The van der Waals surface area contributed by atoms with Gasteiger partial charge in [-0.2, -0.15) is 0 Å². The van der Waals surface area contributed by atoms with Gasteiger partial charge in [0.05, 0.1) is 5.92 Å². The minimum Gasteiger partial charge on any atom is -0.481 e. The van der Waals surface area contributed by atoms with Gasteiger partial charge < -0.3 is 10.0 Å². The largest absolute Gasteiger partial charge is 0.481 e. The van der Waals surface area contributed by atoms with Crippen LogP contribution in [-0.2, 0) is 4.79 Å². The molecule has 0 radical (unpaired) electrons. The lowest BCUT2D eigenvalue weighted by molar-refractivity contribution is -0.144. The van der Waals surface area contributed by atoms with Crippen LogP contribution in [0.1, 0.15) is 34.6 Å². The van der Waals surface area contributed by atoms with Crippen LogP contribution in [0, 0.1) is 11.8 Å². The van der Waals surface area contributed by atoms with Gasteiger partial charge in [0.15, 0.2) is 0 Å². The first-order valence-corrected chi connectivity index (χ1v) is 5.10. The number of hydrogen-bond donors (Lipinski definition) is 1. The molecule has 84 valence electrons. The first-order valence-electron chi connectivity index (χ1n) is 5.10. The van der Waals surface area contributed by atoms with Crippen LogP contribution < -0.4 is 0 Å². The zero-order valence-corrected chi connectivity index (χ0v) is 10.2. The van der Waals surface area contributed by atoms with Gasteiger partial charge >= 0.3 is 5.97 Å². The number of hydrogen-bond acceptors (Lipinski definition) is 2. The van der Waals surface area contributed by atoms with Gasteiger partial charge in [0.1, 0.15) is 0 Å². The van der Waals surface area contributed by atoms with Gasteiger partial charge in [0, 0.05) is 12.1 Å². The van der Waals surface area contributed by atoms with E-state index >= 15 is 0 Å². The Bertz CT molecular complexity index is 194. The molecule has 0 saturated heterocycles. The van der Waals surface area contributed by atoms with Gasteiger partial charge in [-0.15, -0.1) is 0 Å². The number of nitrogens with zero attached hydrogens (tertiary/aromatic N) is 1. The summed E-state index contributed by atoms with van der Waals surface area (Å²) in [7, 11) is 1.97. The first-order chi connectivity index (χ1) is 6.16. The van der Waals surface area contributed by atoms with E-state index in [1.54, 1.807) is 0 Å². The summed E-state index contributed by atoms with van der Waals surface area (Å²) in [6.45, 7) is 10.8. The fourth-order valence-corrected chi connectivity index (χ4v) is 1.14. The van der Waals surface area contributed by atoms with Gasteiger partial charge in [-0.05, 0) is 33.7 Å². The van der Waals surface area contributed by atoms with Crippen LogP contribution in [0.2, 0.25) is 0 Å². The van der Waals surface area contributed by atoms with Crippen molar-refractivity contribution < 1.29 is 9.90 Å². The van der Waals surface area contributed by atoms with Crippen molar-refractivity contribution in [3.63, 3.8) is 0 Å². The topological polar surface area (TPSA) is 40.5 Å². The second kappa shape index (κ2) is 4.78. The third kappa shape index (κ3) is 4.09. The summed E-state index contributed by atoms with van der Waals surface area (Å²) in [5.74, 6) is -0.798. The predicted molar refractivity (Wildman–Crippen MR) is 58.3 cm³/mol. The van der Waals surface area contributed by atoms with Crippen LogP contribution in [-0.4, -0.2) is 35.1 Å². The zero-order chi connectivity index (χ0) is 11.5. The summed E-state index contributed by atoms with van der Waals surface area (Å²) in [6.07, 6.45) is 0. The Morgan fingerprint density at radius 2 is 1.79 bits per heavy atom. The van der Waals surface area contributed by atoms with E-state index in [4.69, 9.17) is 5.11 Å². The maximum absolute atomic E-state index is 11.0. The van der Waals surface area contributed by atoms with Gasteiger partial charge in [-0.3, -0.25) is 4.79 Å². The van der Waals surface area contributed by atoms with Gasteiger partial charge in [0.2, 0.25) is 0 Å². The predicted octanol–water partition coefficient (Wildman–Crippen LogP) is 2.07. The van der Waals surface area contributed by atoms with Crippen molar-refractivity contribution >= 4 is 5.97 Å². The highest BCUT2D eigenvalue weighted by Crippen LogP contribution is 2.17. The lowest BCUT2D eigenvalue weighted by atomic mass is 9.94. The Morgan fingerprint density at radius 3 is 2.00 bits per heavy atom. The molecule has 0 aliphatic carbocycles. The molecule has 0 aromatic carbocycles. The zero-order valence-electron chi connectivity index (χ0n) is 10.2. The van der Waals surface area contributed by atoms with Crippen molar-refractivity contribution in [1.29, 1.82) is 0 Å². The third-order valence-electron chi connectivity index (χ3n) is 2.74. The van der Waals surface area contributed by atoms with Gasteiger partial charge in [0.25, 0.3) is 0 Å². The maximum atomic E-state index is 11.0. The lowest BCUT2D eigenvalue weighted by Crippen LogP contribution is -2.43. The second-order valence-corrected chi connectivity index (χ2v) is 5.24. The Labute approximate surface area is 87.1 Å². The normalized spacial score (nSPS) is 14.9. The van der Waals surface area contributed by atoms with E-state index in [0.29, 0.717) is 6.54 Å². The number of carbonyl (C=O) groups is 1. The average Bonchev–Trinajstić information content (AvgIpc) is 1.96. The first kappa shape index (κ1) is 13.4. The molecule has 0 amide bonds. The summed E-state index contributed by atoms with van der Waals surface area (Å²) < 4.78 is 0. The molecule has 0 bridgehead atoms. The van der Waals surface area contributed by atoms with E-state index in [1.165, 1.54) is 0 Å². The maximum Gasteiger partial charge on any atom is 0.308 e. The lowest BCUT2D eigenvalue weighted by Gasteiger charge is -2.34. The quantitative estimate of drug-likeness (QED) is 0.757. The monoisotopic (exact) mass is 201 g/mol. The highest BCUT2D eigenvalue weighted by molar-refractivity contribution is 5.70. The standard InChI is InChI=1S/C11H23NO2/c1-8(2)9(10(13)14)7-12(6)11(3,4)5/h8-9H,7H2,1-6H3,(H,13,14). The third-order valence-corrected chi connectivity index (χ3v) is 2.74. The Morgan fingerprint density at radius 1 is 1.36 bits per heavy atom. The fraction of sp³-hybridized carbons (Fsp3) is 0.909. The molecular formula is C11H23NO2. The van der Waals surface area contributed by atoms with Crippen LogP contribution in [0.5, 0.6) is 0 Å². The van der Waals surface area contributed by atoms with Crippen LogP contribution in [0.25, 0.3) is 0 Å². The highest BCUT2D eigenvalue weighted by atomic mass is 16.4. The highest BCUT2D eigenvalue weighted by Gasteiger charge is 2.27. The minimum atomic E-state index is -0.698. The van der Waals surface area contributed by atoms with Gasteiger partial charge in [-0.1, -0.05) is 13.8 Å². The van der Waals surface area contributed by atoms with E-state index < -0.39 is 5.97 Å². The smallest absolute Gasteiger partial charge is 0.308 e. The van der Waals surface area contributed by atoms with Crippen LogP contribution >= 0.6 is 0 Å². The molecule has 1 unspecified atom stereocenters. The number of carboxylic acids is 1. The van der Waals surface area contributed by atoms with Crippen molar-refractivity contribution in [3.8, 4) is 0 Å². The molecule has 0 rings (SSSR count). The summed E-state index contributed by atoms with van der Waals surface area (Å²) >= 11 is 0. The molecule has 14 heavy (non-hydrogen) atoms. The molecule has 0 spiro atoms. The molecule has 1 N–H and O–H groups in total. The summed E-state index contributed by atoms with van der Waals surface area (Å²) in [5, 5.41) is 9.03. The Balaban J connectivity index is 4.39. The molecule has 0 aromatic heterocycles. The molecule has 3 heteroatoms. The molecule has 1 atom stereocenters.